The molecule has 0 radical (unpaired) electrons. The number of sulfone groups is 1. The second kappa shape index (κ2) is 11.4. The van der Waals surface area contributed by atoms with Crippen LogP contribution in [0, 0.1) is 0 Å². The highest BCUT2D eigenvalue weighted by Crippen LogP contribution is 2.37. The largest absolute Gasteiger partial charge is 0.396 e. The fraction of sp³-hybridized carbons (Fsp3) is 0.185. The third-order valence-electron chi connectivity index (χ3n) is 5.85. The van der Waals surface area contributed by atoms with Crippen LogP contribution in [0.3, 0.4) is 0 Å². The molecular formula is C27H23Cl3N2O4S. The van der Waals surface area contributed by atoms with E-state index in [-0.39, 0.29) is 35.2 Å². The summed E-state index contributed by atoms with van der Waals surface area (Å²) < 4.78 is 26.3. The van der Waals surface area contributed by atoms with Crippen LogP contribution < -0.4 is 0 Å². The van der Waals surface area contributed by atoms with Gasteiger partial charge in [-0.05, 0) is 53.9 Å². The molecule has 0 saturated carbocycles. The first kappa shape index (κ1) is 27.4. The number of hydrogen-bond acceptors (Lipinski definition) is 5. The number of benzene rings is 3. The van der Waals surface area contributed by atoms with Crippen LogP contribution in [0.2, 0.25) is 15.1 Å². The first-order valence-electron chi connectivity index (χ1n) is 11.5. The molecule has 4 rings (SSSR count). The van der Waals surface area contributed by atoms with E-state index < -0.39 is 9.84 Å². The SMILES string of the molecule is CCS(=O)(=O)c1cccc(-c2ccc(-n3cc(C(=O)CCCO)nc3-c3c(Cl)cccc3Cl)c(Cl)c2)c1. The quantitative estimate of drug-likeness (QED) is 0.218. The van der Waals surface area contributed by atoms with E-state index in [9.17, 15) is 13.2 Å². The molecule has 0 bridgehead atoms. The van der Waals surface area contributed by atoms with Crippen molar-refractivity contribution in [2.24, 2.45) is 0 Å². The molecule has 10 heteroatoms. The Hall–Kier alpha value is -2.68. The molecule has 1 heterocycles. The van der Waals surface area contributed by atoms with Crippen LogP contribution in [0.25, 0.3) is 28.2 Å². The summed E-state index contributed by atoms with van der Waals surface area (Å²) in [5.74, 6) is 0.108. The van der Waals surface area contributed by atoms with Crippen molar-refractivity contribution in [3.05, 3.63) is 87.6 Å². The lowest BCUT2D eigenvalue weighted by Gasteiger charge is -2.13. The lowest BCUT2D eigenvalue weighted by atomic mass is 10.1. The number of nitrogens with zero attached hydrogens (tertiary/aromatic N) is 2. The third kappa shape index (κ3) is 5.76. The second-order valence-corrected chi connectivity index (χ2v) is 11.8. The van der Waals surface area contributed by atoms with Gasteiger partial charge in [0.25, 0.3) is 0 Å². The van der Waals surface area contributed by atoms with Crippen molar-refractivity contribution in [3.8, 4) is 28.2 Å². The van der Waals surface area contributed by atoms with Gasteiger partial charge in [-0.25, -0.2) is 13.4 Å². The standard InChI is InChI=1S/C27H23Cl3N2O4S/c1-2-37(35,36)19-7-3-6-17(14-19)18-11-12-24(22(30)15-18)32-16-23(25(34)10-5-13-33)31-27(32)26-20(28)8-4-9-21(26)29/h3-4,6-9,11-12,14-16,33H,2,5,10,13H2,1H3. The monoisotopic (exact) mass is 576 g/mol. The highest BCUT2D eigenvalue weighted by atomic mass is 35.5. The number of ketones is 1. The summed E-state index contributed by atoms with van der Waals surface area (Å²) in [6, 6.07) is 17.0. The van der Waals surface area contributed by atoms with Crippen LogP contribution in [0.5, 0.6) is 0 Å². The van der Waals surface area contributed by atoms with Gasteiger partial charge in [-0.15, -0.1) is 0 Å². The van der Waals surface area contributed by atoms with Gasteiger partial charge in [0.05, 0.1) is 37.0 Å². The highest BCUT2D eigenvalue weighted by Gasteiger charge is 2.22. The number of halogens is 3. The van der Waals surface area contributed by atoms with Crippen LogP contribution in [0.1, 0.15) is 30.3 Å². The molecule has 1 aromatic heterocycles. The smallest absolute Gasteiger partial charge is 0.182 e. The number of hydrogen-bond donors (Lipinski definition) is 1. The van der Waals surface area contributed by atoms with Gasteiger partial charge in [0, 0.05) is 19.2 Å². The molecule has 1 N–H and O–H groups in total. The van der Waals surface area contributed by atoms with Gasteiger partial charge in [0.15, 0.2) is 15.6 Å². The Bertz CT molecular complexity index is 1560. The fourth-order valence-electron chi connectivity index (χ4n) is 3.87. The van der Waals surface area contributed by atoms with Gasteiger partial charge >= 0.3 is 0 Å². The van der Waals surface area contributed by atoms with Gasteiger partial charge in [0.1, 0.15) is 11.5 Å². The normalized spacial score (nSPS) is 11.6. The summed E-state index contributed by atoms with van der Waals surface area (Å²) in [4.78, 5) is 17.5. The van der Waals surface area contributed by atoms with Crippen LogP contribution in [0.15, 0.2) is 71.8 Å². The molecule has 37 heavy (non-hydrogen) atoms. The Morgan fingerprint density at radius 1 is 0.946 bits per heavy atom. The average molecular weight is 578 g/mol. The van der Waals surface area contributed by atoms with E-state index in [1.807, 2.05) is 12.1 Å². The maximum absolute atomic E-state index is 12.7. The molecule has 0 aliphatic rings. The van der Waals surface area contributed by atoms with Crippen molar-refractivity contribution in [2.45, 2.75) is 24.7 Å². The number of carbonyl (C=O) groups excluding carboxylic acids is 1. The van der Waals surface area contributed by atoms with Crippen molar-refractivity contribution in [1.82, 2.24) is 9.55 Å². The zero-order chi connectivity index (χ0) is 26.7. The van der Waals surface area contributed by atoms with Gasteiger partial charge < -0.3 is 5.11 Å². The van der Waals surface area contributed by atoms with Crippen molar-refractivity contribution >= 4 is 50.4 Å². The minimum atomic E-state index is -3.36. The molecule has 4 aromatic rings. The van der Waals surface area contributed by atoms with Gasteiger partial charge in [-0.2, -0.15) is 0 Å². The Kier molecular flexibility index (Phi) is 8.41. The van der Waals surface area contributed by atoms with Gasteiger partial charge in [0.2, 0.25) is 0 Å². The fourth-order valence-corrected chi connectivity index (χ4v) is 5.64. The zero-order valence-electron chi connectivity index (χ0n) is 19.8. The Labute approximate surface area is 230 Å². The molecule has 0 unspecified atom stereocenters. The molecule has 0 fully saturated rings. The van der Waals surface area contributed by atoms with E-state index in [1.165, 1.54) is 0 Å². The number of Topliss-reactive ketones (excluding diaryl/α,β-unsaturated/α-hetero) is 1. The predicted octanol–water partition coefficient (Wildman–Crippen LogP) is 6.92. The van der Waals surface area contributed by atoms with Crippen LogP contribution in [-0.4, -0.2) is 41.2 Å². The van der Waals surface area contributed by atoms with Crippen LogP contribution >= 0.6 is 34.8 Å². The van der Waals surface area contributed by atoms with Crippen LogP contribution in [0.4, 0.5) is 0 Å². The average Bonchev–Trinajstić information content (AvgIpc) is 3.32. The molecule has 0 aliphatic carbocycles. The van der Waals surface area contributed by atoms with Crippen molar-refractivity contribution in [3.63, 3.8) is 0 Å². The maximum atomic E-state index is 12.7. The number of aliphatic hydroxyl groups is 1. The Morgan fingerprint density at radius 2 is 1.62 bits per heavy atom. The summed E-state index contributed by atoms with van der Waals surface area (Å²) >= 11 is 19.7. The van der Waals surface area contributed by atoms with E-state index in [0.29, 0.717) is 44.1 Å². The minimum Gasteiger partial charge on any atom is -0.396 e. The lowest BCUT2D eigenvalue weighted by molar-refractivity contribution is 0.0967. The number of imidazole rings is 1. The summed E-state index contributed by atoms with van der Waals surface area (Å²) in [5.41, 5.74) is 2.59. The van der Waals surface area contributed by atoms with E-state index in [2.05, 4.69) is 4.98 Å². The molecule has 0 amide bonds. The third-order valence-corrected chi connectivity index (χ3v) is 8.52. The summed E-state index contributed by atoms with van der Waals surface area (Å²) in [6.45, 7) is 1.49. The molecule has 0 atom stereocenters. The summed E-state index contributed by atoms with van der Waals surface area (Å²) in [6.07, 6.45) is 2.02. The molecule has 0 aliphatic heterocycles. The molecule has 0 saturated heterocycles. The molecule has 3 aromatic carbocycles. The Balaban J connectivity index is 1.83. The lowest BCUT2D eigenvalue weighted by Crippen LogP contribution is -2.03. The first-order chi connectivity index (χ1) is 17.7. The van der Waals surface area contributed by atoms with E-state index >= 15 is 0 Å². The van der Waals surface area contributed by atoms with E-state index in [1.54, 1.807) is 66.2 Å². The Morgan fingerprint density at radius 3 is 2.27 bits per heavy atom. The second-order valence-electron chi connectivity index (χ2n) is 8.26. The molecular weight excluding hydrogens is 555 g/mol. The number of aromatic nitrogens is 2. The van der Waals surface area contributed by atoms with Crippen molar-refractivity contribution in [2.75, 3.05) is 12.4 Å². The minimum absolute atomic E-state index is 0.00349. The number of carbonyl (C=O) groups is 1. The summed E-state index contributed by atoms with van der Waals surface area (Å²) in [7, 11) is -3.36. The number of rotatable bonds is 9. The van der Waals surface area contributed by atoms with E-state index in [0.717, 1.165) is 5.56 Å². The van der Waals surface area contributed by atoms with Gasteiger partial charge in [-0.1, -0.05) is 66.0 Å². The van der Waals surface area contributed by atoms with E-state index in [4.69, 9.17) is 39.9 Å². The number of aliphatic hydroxyl groups excluding tert-OH is 1. The van der Waals surface area contributed by atoms with Crippen molar-refractivity contribution < 1.29 is 18.3 Å². The zero-order valence-corrected chi connectivity index (χ0v) is 22.9. The highest BCUT2D eigenvalue weighted by molar-refractivity contribution is 7.91. The van der Waals surface area contributed by atoms with Crippen molar-refractivity contribution in [1.29, 1.82) is 0 Å². The summed E-state index contributed by atoms with van der Waals surface area (Å²) in [5, 5.41) is 10.2. The van der Waals surface area contributed by atoms with Crippen LogP contribution in [-0.2, 0) is 9.84 Å². The topological polar surface area (TPSA) is 89.3 Å². The predicted molar refractivity (Wildman–Crippen MR) is 148 cm³/mol. The molecule has 0 spiro atoms. The van der Waals surface area contributed by atoms with Gasteiger partial charge in [-0.3, -0.25) is 9.36 Å². The first-order valence-corrected chi connectivity index (χ1v) is 14.3. The molecule has 192 valence electrons. The molecule has 6 nitrogen and oxygen atoms in total. The maximum Gasteiger partial charge on any atom is 0.182 e.